The summed E-state index contributed by atoms with van der Waals surface area (Å²) in [6.45, 7) is 0.887. The highest BCUT2D eigenvalue weighted by Gasteiger charge is 2.52. The molecule has 59 heavy (non-hydrogen) atoms. The minimum atomic E-state index is -7.22. The van der Waals surface area contributed by atoms with Gasteiger partial charge in [-0.25, -0.2) is 92.4 Å². The molecule has 0 bridgehead atoms. The van der Waals surface area contributed by atoms with Gasteiger partial charge >= 0.3 is 0 Å². The first-order valence-electron chi connectivity index (χ1n) is 15.5. The van der Waals surface area contributed by atoms with Crippen molar-refractivity contribution >= 4 is 39.6 Å². The number of aromatic nitrogens is 1. The second kappa shape index (κ2) is 16.5. The SMILES string of the molecule is Clc1cc[n+](Cc2ccccc2)cc1.Fc1c(F)c(F)c([B-](c2c(F)c(F)c(F)c(F)c2F)(c2c(F)c(F)c(F)c(F)c2F)c2c(F)c(F)c(F)c(F)c2F)c(F)c1F. The molecule has 0 amide bonds. The van der Waals surface area contributed by atoms with Crippen molar-refractivity contribution in [1.82, 2.24) is 0 Å². The molecule has 0 saturated carbocycles. The van der Waals surface area contributed by atoms with Crippen LogP contribution in [0, 0.1) is 116 Å². The lowest BCUT2D eigenvalue weighted by molar-refractivity contribution is -0.688. The molecular formula is C36H11BClF20N. The molecule has 23 heteroatoms. The Kier molecular flexibility index (Phi) is 12.4. The third kappa shape index (κ3) is 7.09. The Bertz CT molecular complexity index is 2260. The fourth-order valence-electron chi connectivity index (χ4n) is 6.21. The average molecular weight is 884 g/mol. The van der Waals surface area contributed by atoms with E-state index in [9.17, 15) is 52.7 Å². The van der Waals surface area contributed by atoms with Gasteiger partial charge in [-0.3, -0.25) is 0 Å². The molecule has 0 atom stereocenters. The van der Waals surface area contributed by atoms with Crippen LogP contribution in [0.25, 0.3) is 0 Å². The van der Waals surface area contributed by atoms with Gasteiger partial charge in [-0.05, 0) is 0 Å². The molecule has 1 nitrogen and oxygen atoms in total. The third-order valence-corrected chi connectivity index (χ3v) is 9.02. The number of pyridine rings is 1. The Morgan fingerprint density at radius 3 is 0.780 bits per heavy atom. The summed E-state index contributed by atoms with van der Waals surface area (Å²) < 4.78 is 296. The van der Waals surface area contributed by atoms with Gasteiger partial charge < -0.3 is 0 Å². The lowest BCUT2D eigenvalue weighted by Crippen LogP contribution is -2.81. The van der Waals surface area contributed by atoms with Gasteiger partial charge in [0.2, 0.25) is 0 Å². The van der Waals surface area contributed by atoms with Crippen LogP contribution < -0.4 is 26.4 Å². The van der Waals surface area contributed by atoms with Crippen LogP contribution in [0.2, 0.25) is 5.02 Å². The quantitative estimate of drug-likeness (QED) is 0.0520. The maximum atomic E-state index is 15.4. The Morgan fingerprint density at radius 1 is 0.322 bits per heavy atom. The zero-order valence-electron chi connectivity index (χ0n) is 27.9. The van der Waals surface area contributed by atoms with E-state index in [0.717, 1.165) is 11.6 Å². The van der Waals surface area contributed by atoms with Crippen LogP contribution in [-0.2, 0) is 6.54 Å². The van der Waals surface area contributed by atoms with Gasteiger partial charge in [0.25, 0.3) is 0 Å². The van der Waals surface area contributed by atoms with E-state index in [1.165, 1.54) is 5.56 Å². The third-order valence-electron chi connectivity index (χ3n) is 8.77. The maximum absolute atomic E-state index is 15.4. The zero-order chi connectivity index (χ0) is 44.2. The Hall–Kier alpha value is -5.80. The first kappa shape index (κ1) is 44.3. The molecule has 6 aromatic rings. The van der Waals surface area contributed by atoms with E-state index in [-0.39, 0.29) is 0 Å². The van der Waals surface area contributed by atoms with Crippen molar-refractivity contribution < 1.29 is 92.4 Å². The maximum Gasteiger partial charge on any atom is 0.200 e. The van der Waals surface area contributed by atoms with Gasteiger partial charge in [0.05, 0.1) is 5.02 Å². The smallest absolute Gasteiger partial charge is 0.200 e. The molecule has 0 spiro atoms. The molecule has 0 unspecified atom stereocenters. The summed E-state index contributed by atoms with van der Waals surface area (Å²) in [4.78, 5) is 0. The van der Waals surface area contributed by atoms with E-state index in [1.807, 2.05) is 42.7 Å². The molecule has 0 saturated heterocycles. The molecule has 0 fully saturated rings. The second-order valence-electron chi connectivity index (χ2n) is 12.0. The van der Waals surface area contributed by atoms with E-state index >= 15 is 35.1 Å². The average Bonchev–Trinajstić information content (AvgIpc) is 3.22. The standard InChI is InChI=1S/C24BF20.C12H11ClN/c26-5-1(6(27)14(35)21(42)13(5)34)25(2-7(28)15(36)22(43)16(37)8(2)29,3-9(30)17(38)23(44)18(39)10(3)31)4-11(32)19(40)24(45)20(41)12(4)33;13-12-6-8-14(9-7-12)10-11-4-2-1-3-5-11/h;1-9H,10H2/q-1;+1. The predicted octanol–water partition coefficient (Wildman–Crippen LogP) is 8.52. The van der Waals surface area contributed by atoms with Crippen molar-refractivity contribution in [2.24, 2.45) is 0 Å². The highest BCUT2D eigenvalue weighted by Crippen LogP contribution is 2.30. The van der Waals surface area contributed by atoms with Gasteiger partial charge in [-0.2, -0.15) is 0 Å². The van der Waals surface area contributed by atoms with Crippen LogP contribution in [-0.4, -0.2) is 6.15 Å². The Labute approximate surface area is 320 Å². The minimum Gasteiger partial charge on any atom is -0.207 e. The fourth-order valence-corrected chi connectivity index (χ4v) is 6.33. The Morgan fingerprint density at radius 2 is 0.542 bits per heavy atom. The first-order chi connectivity index (χ1) is 27.5. The van der Waals surface area contributed by atoms with Crippen LogP contribution in [0.5, 0.6) is 0 Å². The summed E-state index contributed by atoms with van der Waals surface area (Å²) in [5, 5.41) is 0.773. The van der Waals surface area contributed by atoms with Crippen LogP contribution in [0.4, 0.5) is 87.8 Å². The fraction of sp³-hybridized carbons (Fsp3) is 0.0278. The molecule has 0 aliphatic carbocycles. The highest BCUT2D eigenvalue weighted by molar-refractivity contribution is 7.20. The summed E-state index contributed by atoms with van der Waals surface area (Å²) in [6, 6.07) is 14.1. The second-order valence-corrected chi connectivity index (χ2v) is 12.4. The molecule has 1 heterocycles. The van der Waals surface area contributed by atoms with Crippen molar-refractivity contribution in [3.63, 3.8) is 0 Å². The van der Waals surface area contributed by atoms with Gasteiger partial charge in [0.15, 0.2) is 88.7 Å². The van der Waals surface area contributed by atoms with Crippen molar-refractivity contribution in [3.05, 3.63) is 182 Å². The lowest BCUT2D eigenvalue weighted by Gasteiger charge is -2.44. The number of nitrogens with zero attached hydrogens (tertiary/aromatic N) is 1. The molecule has 6 rings (SSSR count). The molecule has 0 radical (unpaired) electrons. The van der Waals surface area contributed by atoms with Gasteiger partial charge in [0.1, 0.15) is 52.7 Å². The first-order valence-corrected chi connectivity index (χ1v) is 15.8. The lowest BCUT2D eigenvalue weighted by atomic mass is 9.12. The van der Waals surface area contributed by atoms with Gasteiger partial charge in [0, 0.05) is 17.7 Å². The topological polar surface area (TPSA) is 3.88 Å². The van der Waals surface area contributed by atoms with Crippen LogP contribution in [0.1, 0.15) is 5.56 Å². The van der Waals surface area contributed by atoms with Crippen LogP contribution >= 0.6 is 11.6 Å². The van der Waals surface area contributed by atoms with Gasteiger partial charge in [-0.15, -0.1) is 21.9 Å². The zero-order valence-corrected chi connectivity index (χ0v) is 28.6. The van der Waals surface area contributed by atoms with Crippen molar-refractivity contribution in [2.45, 2.75) is 6.54 Å². The normalized spacial score (nSPS) is 11.5. The van der Waals surface area contributed by atoms with Crippen LogP contribution in [0.15, 0.2) is 54.9 Å². The van der Waals surface area contributed by atoms with Crippen molar-refractivity contribution in [2.75, 3.05) is 0 Å². The largest absolute Gasteiger partial charge is 0.207 e. The molecule has 0 aliphatic rings. The van der Waals surface area contributed by atoms with E-state index in [1.54, 1.807) is 0 Å². The summed E-state index contributed by atoms with van der Waals surface area (Å²) in [7, 11) is 0. The summed E-state index contributed by atoms with van der Waals surface area (Å²) in [5.41, 5.74) is -13.0. The van der Waals surface area contributed by atoms with E-state index in [2.05, 4.69) is 16.7 Å². The highest BCUT2D eigenvalue weighted by atomic mass is 35.5. The molecule has 0 aliphatic heterocycles. The van der Waals surface area contributed by atoms with Crippen molar-refractivity contribution in [1.29, 1.82) is 0 Å². The van der Waals surface area contributed by atoms with Crippen molar-refractivity contribution in [3.8, 4) is 0 Å². The predicted molar refractivity (Wildman–Crippen MR) is 166 cm³/mol. The van der Waals surface area contributed by atoms with Gasteiger partial charge in [-0.1, -0.05) is 41.9 Å². The molecular weight excluding hydrogens is 873 g/mol. The van der Waals surface area contributed by atoms with E-state index in [4.69, 9.17) is 11.6 Å². The van der Waals surface area contributed by atoms with Crippen LogP contribution in [0.3, 0.4) is 0 Å². The summed E-state index contributed by atoms with van der Waals surface area (Å²) in [5.74, 6) is -71.4. The Balaban J connectivity index is 0.000000395. The monoisotopic (exact) mass is 883 g/mol. The number of halogens is 21. The number of rotatable bonds is 6. The summed E-state index contributed by atoms with van der Waals surface area (Å²) >= 11 is 5.80. The molecule has 0 N–H and O–H groups in total. The number of hydrogen-bond acceptors (Lipinski definition) is 0. The van der Waals surface area contributed by atoms with E-state index in [0.29, 0.717) is 0 Å². The molecule has 5 aromatic carbocycles. The van der Waals surface area contributed by atoms with E-state index < -0.39 is 144 Å². The minimum absolute atomic E-state index is 0.773. The molecule has 310 valence electrons. The number of hydrogen-bond donors (Lipinski definition) is 0. The number of benzene rings is 5. The molecule has 1 aromatic heterocycles. The summed E-state index contributed by atoms with van der Waals surface area (Å²) in [6.07, 6.45) is -3.25.